The van der Waals surface area contributed by atoms with Gasteiger partial charge in [0, 0.05) is 30.6 Å². The summed E-state index contributed by atoms with van der Waals surface area (Å²) in [5.74, 6) is 0.271. The van der Waals surface area contributed by atoms with Crippen LogP contribution in [0.2, 0.25) is 0 Å². The largest absolute Gasteiger partial charge is 0.370 e. The summed E-state index contributed by atoms with van der Waals surface area (Å²) < 4.78 is 24.7. The van der Waals surface area contributed by atoms with Crippen LogP contribution in [0.15, 0.2) is 11.6 Å². The summed E-state index contributed by atoms with van der Waals surface area (Å²) >= 11 is 0. The van der Waals surface area contributed by atoms with Gasteiger partial charge in [0.15, 0.2) is 5.79 Å². The molecule has 0 bridgehead atoms. The first kappa shape index (κ1) is 14.4. The lowest BCUT2D eigenvalue weighted by Crippen LogP contribution is -2.56. The van der Waals surface area contributed by atoms with Crippen molar-refractivity contribution in [3.63, 3.8) is 0 Å². The van der Waals surface area contributed by atoms with E-state index >= 15 is 0 Å². The number of carbonyl (C=O) groups excluding carboxylic acids is 1. The molecule has 0 unspecified atom stereocenters. The first-order chi connectivity index (χ1) is 11.5. The Balaban J connectivity index is 1.37. The van der Waals surface area contributed by atoms with Crippen molar-refractivity contribution in [1.82, 2.24) is 0 Å². The van der Waals surface area contributed by atoms with Crippen LogP contribution in [0.5, 0.6) is 0 Å². The van der Waals surface area contributed by atoms with E-state index in [1.807, 2.05) is 0 Å². The zero-order valence-corrected chi connectivity index (χ0v) is 14.1. The Hall–Kier alpha value is -0.750. The Morgan fingerprint density at radius 1 is 1.21 bits per heavy atom. The number of fused-ring (bicyclic) bond motifs is 3. The van der Waals surface area contributed by atoms with E-state index < -0.39 is 5.79 Å². The van der Waals surface area contributed by atoms with E-state index in [1.165, 1.54) is 5.57 Å². The Bertz CT molecular complexity index is 665. The lowest BCUT2D eigenvalue weighted by molar-refractivity contribution is -0.192. The second-order valence-corrected chi connectivity index (χ2v) is 8.79. The van der Waals surface area contributed by atoms with Crippen molar-refractivity contribution in [3.05, 3.63) is 11.6 Å². The lowest BCUT2D eigenvalue weighted by Gasteiger charge is -2.48. The minimum absolute atomic E-state index is 0.0605. The number of ketones is 1. The molecule has 3 aliphatic heterocycles. The van der Waals surface area contributed by atoms with E-state index in [-0.39, 0.29) is 22.7 Å². The Morgan fingerprint density at radius 3 is 2.88 bits per heavy atom. The third kappa shape index (κ3) is 1.46. The molecule has 0 aromatic heterocycles. The van der Waals surface area contributed by atoms with E-state index in [2.05, 4.69) is 13.0 Å². The van der Waals surface area contributed by atoms with Crippen LogP contribution in [0.25, 0.3) is 0 Å². The highest BCUT2D eigenvalue weighted by atomic mass is 16.7. The first-order valence-corrected chi connectivity index (χ1v) is 9.36. The predicted molar refractivity (Wildman–Crippen MR) is 83.3 cm³/mol. The molecule has 0 amide bonds. The van der Waals surface area contributed by atoms with Gasteiger partial charge in [-0.3, -0.25) is 4.79 Å². The molecule has 5 atom stereocenters. The molecule has 0 N–H and O–H groups in total. The van der Waals surface area contributed by atoms with Crippen LogP contribution in [-0.4, -0.2) is 48.7 Å². The number of Topliss-reactive ketones (excluding diaryl/α,β-unsaturated/α-hetero) is 1. The first-order valence-electron chi connectivity index (χ1n) is 9.36. The van der Waals surface area contributed by atoms with Crippen molar-refractivity contribution in [2.45, 2.75) is 68.5 Å². The molecule has 1 spiro atoms. The molecule has 6 aliphatic rings. The molecule has 5 heteroatoms. The van der Waals surface area contributed by atoms with Gasteiger partial charge >= 0.3 is 0 Å². The fraction of sp³-hybridized carbons (Fsp3) is 0.842. The van der Waals surface area contributed by atoms with Gasteiger partial charge in [-0.15, -0.1) is 0 Å². The smallest absolute Gasteiger partial charge is 0.171 e. The third-order valence-corrected chi connectivity index (χ3v) is 7.81. The van der Waals surface area contributed by atoms with E-state index in [0.29, 0.717) is 37.9 Å². The molecular formula is C19H24O5. The van der Waals surface area contributed by atoms with E-state index in [9.17, 15) is 4.79 Å². The van der Waals surface area contributed by atoms with Crippen molar-refractivity contribution in [2.75, 3.05) is 19.8 Å². The third-order valence-electron chi connectivity index (χ3n) is 7.81. The molecule has 0 radical (unpaired) electrons. The normalized spacial score (nSPS) is 53.9. The quantitative estimate of drug-likeness (QED) is 0.502. The van der Waals surface area contributed by atoms with E-state index in [1.54, 1.807) is 0 Å². The molecule has 2 saturated carbocycles. The molecular weight excluding hydrogens is 308 g/mol. The number of ether oxygens (including phenoxy) is 4. The van der Waals surface area contributed by atoms with Crippen molar-refractivity contribution < 1.29 is 23.7 Å². The highest BCUT2D eigenvalue weighted by molar-refractivity contribution is 5.87. The molecule has 130 valence electrons. The van der Waals surface area contributed by atoms with Crippen molar-refractivity contribution in [3.8, 4) is 0 Å². The second-order valence-electron chi connectivity index (χ2n) is 8.79. The van der Waals surface area contributed by atoms with Crippen LogP contribution in [0.3, 0.4) is 0 Å². The summed E-state index contributed by atoms with van der Waals surface area (Å²) in [5, 5.41) is 0. The maximum atomic E-state index is 12.4. The van der Waals surface area contributed by atoms with Crippen LogP contribution < -0.4 is 0 Å². The SMILES string of the molecule is C[C@]12CC=C3[C@@H](OC[C@@]45CC6(CC[C@@]34O5)OCCO6)[C@@H]1CCC2=O. The van der Waals surface area contributed by atoms with Crippen molar-refractivity contribution >= 4 is 5.78 Å². The molecule has 0 aromatic rings. The predicted octanol–water partition coefficient (Wildman–Crippen LogP) is 2.14. The average molecular weight is 332 g/mol. The summed E-state index contributed by atoms with van der Waals surface area (Å²) in [5.41, 5.74) is 0.643. The maximum absolute atomic E-state index is 12.4. The minimum atomic E-state index is -0.455. The van der Waals surface area contributed by atoms with Gasteiger partial charge in [-0.1, -0.05) is 13.0 Å². The number of rotatable bonds is 0. The fourth-order valence-electron chi connectivity index (χ4n) is 6.39. The van der Waals surface area contributed by atoms with Crippen molar-refractivity contribution in [2.24, 2.45) is 11.3 Å². The molecule has 0 aromatic carbocycles. The highest BCUT2D eigenvalue weighted by Crippen LogP contribution is 2.69. The molecule has 3 saturated heterocycles. The summed E-state index contributed by atoms with van der Waals surface area (Å²) in [6.07, 6.45) is 7.43. The van der Waals surface area contributed by atoms with Gasteiger partial charge in [-0.25, -0.2) is 0 Å². The monoisotopic (exact) mass is 332 g/mol. The maximum Gasteiger partial charge on any atom is 0.171 e. The number of hydrogen-bond acceptors (Lipinski definition) is 5. The molecule has 3 heterocycles. The summed E-state index contributed by atoms with van der Waals surface area (Å²) in [6.45, 7) is 4.09. The van der Waals surface area contributed by atoms with Crippen molar-refractivity contribution in [1.29, 1.82) is 0 Å². The van der Waals surface area contributed by atoms with E-state index in [0.717, 1.165) is 32.1 Å². The Kier molecular flexibility index (Phi) is 2.49. The van der Waals surface area contributed by atoms with Crippen LogP contribution >= 0.6 is 0 Å². The molecule has 3 aliphatic carbocycles. The van der Waals surface area contributed by atoms with Gasteiger partial charge in [0.1, 0.15) is 17.0 Å². The van der Waals surface area contributed by atoms with Crippen LogP contribution in [-0.2, 0) is 23.7 Å². The standard InChI is InChI=1S/C19H24O5/c1-16-5-4-13-15(12(16)2-3-14(16)20)21-11-17-10-18(22-8-9-23-18)6-7-19(13,17)24-17/h4,12,15H,2-3,5-11H2,1H3/t12-,15-,16-,17-,19+/m0/s1. The number of hydrogen-bond donors (Lipinski definition) is 0. The lowest BCUT2D eigenvalue weighted by atomic mass is 9.61. The Morgan fingerprint density at radius 2 is 2.04 bits per heavy atom. The van der Waals surface area contributed by atoms with Gasteiger partial charge in [0.25, 0.3) is 0 Å². The van der Waals surface area contributed by atoms with Crippen LogP contribution in [0.1, 0.15) is 45.4 Å². The number of epoxide rings is 1. The van der Waals surface area contributed by atoms with Gasteiger partial charge in [0.05, 0.1) is 25.9 Å². The van der Waals surface area contributed by atoms with Gasteiger partial charge < -0.3 is 18.9 Å². The summed E-state index contributed by atoms with van der Waals surface area (Å²) in [7, 11) is 0. The van der Waals surface area contributed by atoms with Crippen LogP contribution in [0, 0.1) is 11.3 Å². The molecule has 24 heavy (non-hydrogen) atoms. The summed E-state index contributed by atoms with van der Waals surface area (Å²) in [6, 6.07) is 0. The highest BCUT2D eigenvalue weighted by Gasteiger charge is 2.80. The topological polar surface area (TPSA) is 57.3 Å². The fourth-order valence-corrected chi connectivity index (χ4v) is 6.39. The van der Waals surface area contributed by atoms with Crippen LogP contribution in [0.4, 0.5) is 0 Å². The zero-order chi connectivity index (χ0) is 16.2. The molecule has 6 rings (SSSR count). The van der Waals surface area contributed by atoms with Gasteiger partial charge in [0.2, 0.25) is 0 Å². The van der Waals surface area contributed by atoms with E-state index in [4.69, 9.17) is 18.9 Å². The number of allylic oxidation sites excluding steroid dienone is 1. The molecule has 5 fully saturated rings. The summed E-state index contributed by atoms with van der Waals surface area (Å²) in [4.78, 5) is 12.4. The number of carbonyl (C=O) groups is 1. The van der Waals surface area contributed by atoms with Gasteiger partial charge in [-0.05, 0) is 24.8 Å². The van der Waals surface area contributed by atoms with Gasteiger partial charge in [-0.2, -0.15) is 0 Å². The minimum Gasteiger partial charge on any atom is -0.370 e. The average Bonchev–Trinajstić information content (AvgIpc) is 2.88. The molecule has 5 nitrogen and oxygen atoms in total. The second kappa shape index (κ2) is 4.14. The zero-order valence-electron chi connectivity index (χ0n) is 14.1. The Labute approximate surface area is 141 Å².